The Balaban J connectivity index is 1.65. The van der Waals surface area contributed by atoms with Crippen LogP contribution in [0.3, 0.4) is 0 Å². The third-order valence-electron chi connectivity index (χ3n) is 5.06. The van der Waals surface area contributed by atoms with Crippen molar-refractivity contribution in [2.75, 3.05) is 13.7 Å². The van der Waals surface area contributed by atoms with E-state index >= 15 is 0 Å². The molecule has 0 radical (unpaired) electrons. The maximum Gasteiger partial charge on any atom is 0.232 e. The minimum Gasteiger partial charge on any atom is -0.497 e. The van der Waals surface area contributed by atoms with Gasteiger partial charge in [-0.15, -0.1) is 0 Å². The average Bonchev–Trinajstić information content (AvgIpc) is 3.38. The third-order valence-corrected chi connectivity index (χ3v) is 5.06. The summed E-state index contributed by atoms with van der Waals surface area (Å²) in [4.78, 5) is 5.38. The predicted octanol–water partition coefficient (Wildman–Crippen LogP) is 4.16. The van der Waals surface area contributed by atoms with Crippen LogP contribution in [0.5, 0.6) is 5.75 Å². The molecule has 1 aromatic heterocycles. The van der Waals surface area contributed by atoms with Crippen LogP contribution in [0.1, 0.15) is 35.7 Å². The zero-order valence-corrected chi connectivity index (χ0v) is 17.0. The molecule has 1 unspecified atom stereocenters. The van der Waals surface area contributed by atoms with Crippen molar-refractivity contribution in [3.05, 3.63) is 82.9 Å². The third kappa shape index (κ3) is 4.36. The van der Waals surface area contributed by atoms with Gasteiger partial charge in [-0.2, -0.15) is 5.10 Å². The molecule has 1 aliphatic rings. The van der Waals surface area contributed by atoms with Crippen LogP contribution >= 0.6 is 0 Å². The topological polar surface area (TPSA) is 57.9 Å². The summed E-state index contributed by atoms with van der Waals surface area (Å²) in [5.74, 6) is 0.559. The molecule has 156 valence electrons. The molecule has 3 aromatic rings. The molecule has 7 heteroatoms. The first-order chi connectivity index (χ1) is 14.7. The summed E-state index contributed by atoms with van der Waals surface area (Å²) in [7, 11) is 1.64. The Hall–Kier alpha value is -3.19. The standard InChI is InChI=1S/C23H24FN3O3/c1-3-29-23-13-21(26-30-23)19-14-25-27(15-16-8-10-18(28-2)11-9-16)22(19)12-17-6-4-5-7-20(17)24/h4-11,14,23H,3,12-13,15H2,1-2H3. The van der Waals surface area contributed by atoms with Gasteiger partial charge in [0.1, 0.15) is 11.6 Å². The highest BCUT2D eigenvalue weighted by Gasteiger charge is 2.26. The maximum absolute atomic E-state index is 14.4. The molecule has 4 rings (SSSR count). The second kappa shape index (κ2) is 9.09. The van der Waals surface area contributed by atoms with Gasteiger partial charge in [-0.05, 0) is 36.2 Å². The lowest BCUT2D eigenvalue weighted by Gasteiger charge is -2.11. The Morgan fingerprint density at radius 2 is 1.97 bits per heavy atom. The summed E-state index contributed by atoms with van der Waals surface area (Å²) in [6, 6.07) is 14.6. The van der Waals surface area contributed by atoms with E-state index in [-0.39, 0.29) is 5.82 Å². The van der Waals surface area contributed by atoms with Gasteiger partial charge in [-0.3, -0.25) is 4.68 Å². The van der Waals surface area contributed by atoms with Gasteiger partial charge in [0.05, 0.1) is 37.7 Å². The monoisotopic (exact) mass is 409 g/mol. The highest BCUT2D eigenvalue weighted by Crippen LogP contribution is 2.24. The van der Waals surface area contributed by atoms with Gasteiger partial charge in [-0.25, -0.2) is 4.39 Å². The molecule has 30 heavy (non-hydrogen) atoms. The highest BCUT2D eigenvalue weighted by atomic mass is 19.1. The molecule has 0 spiro atoms. The van der Waals surface area contributed by atoms with Gasteiger partial charge >= 0.3 is 0 Å². The van der Waals surface area contributed by atoms with Crippen LogP contribution in [-0.4, -0.2) is 35.5 Å². The molecule has 1 aliphatic heterocycles. The second-order valence-electron chi connectivity index (χ2n) is 7.01. The van der Waals surface area contributed by atoms with Gasteiger partial charge in [-0.1, -0.05) is 35.5 Å². The summed E-state index contributed by atoms with van der Waals surface area (Å²) < 4.78 is 27.0. The van der Waals surface area contributed by atoms with Crippen LogP contribution in [0.25, 0.3) is 0 Å². The predicted molar refractivity (Wildman–Crippen MR) is 111 cm³/mol. The van der Waals surface area contributed by atoms with Crippen LogP contribution in [0.2, 0.25) is 0 Å². The fraction of sp³-hybridized carbons (Fsp3) is 0.304. The quantitative estimate of drug-likeness (QED) is 0.561. The molecule has 0 saturated carbocycles. The molecule has 0 amide bonds. The smallest absolute Gasteiger partial charge is 0.232 e. The fourth-order valence-electron chi connectivity index (χ4n) is 3.49. The number of ether oxygens (including phenoxy) is 2. The lowest BCUT2D eigenvalue weighted by Crippen LogP contribution is -2.14. The SMILES string of the molecule is CCOC1CC(c2cnn(Cc3ccc(OC)cc3)c2Cc2ccccc2F)=NO1. The largest absolute Gasteiger partial charge is 0.497 e. The molecule has 2 aromatic carbocycles. The number of methoxy groups -OCH3 is 1. The van der Waals surface area contributed by atoms with Crippen molar-refractivity contribution < 1.29 is 18.7 Å². The first kappa shape index (κ1) is 20.1. The van der Waals surface area contributed by atoms with E-state index in [9.17, 15) is 4.39 Å². The highest BCUT2D eigenvalue weighted by molar-refractivity contribution is 6.02. The van der Waals surface area contributed by atoms with Crippen molar-refractivity contribution in [3.63, 3.8) is 0 Å². The average molecular weight is 409 g/mol. The van der Waals surface area contributed by atoms with Crippen molar-refractivity contribution in [3.8, 4) is 5.75 Å². The number of hydrogen-bond acceptors (Lipinski definition) is 5. The van der Waals surface area contributed by atoms with Gasteiger partial charge < -0.3 is 14.3 Å². The number of aromatic nitrogens is 2. The number of benzene rings is 2. The van der Waals surface area contributed by atoms with Crippen molar-refractivity contribution >= 4 is 5.71 Å². The van der Waals surface area contributed by atoms with E-state index in [0.29, 0.717) is 31.6 Å². The van der Waals surface area contributed by atoms with E-state index in [2.05, 4.69) is 10.3 Å². The van der Waals surface area contributed by atoms with Gasteiger partial charge in [0.25, 0.3) is 0 Å². The number of oxime groups is 1. The first-order valence-corrected chi connectivity index (χ1v) is 9.93. The van der Waals surface area contributed by atoms with Gasteiger partial charge in [0.15, 0.2) is 0 Å². The van der Waals surface area contributed by atoms with Crippen LogP contribution < -0.4 is 4.74 Å². The molecular weight excluding hydrogens is 385 g/mol. The van der Waals surface area contributed by atoms with Crippen molar-refractivity contribution in [1.82, 2.24) is 9.78 Å². The van der Waals surface area contributed by atoms with Crippen molar-refractivity contribution in [2.24, 2.45) is 5.16 Å². The number of hydrogen-bond donors (Lipinski definition) is 0. The first-order valence-electron chi connectivity index (χ1n) is 9.93. The number of rotatable bonds is 8. The minimum atomic E-state index is -0.392. The summed E-state index contributed by atoms with van der Waals surface area (Å²) >= 11 is 0. The van der Waals surface area contributed by atoms with Crippen LogP contribution in [-0.2, 0) is 22.5 Å². The second-order valence-corrected chi connectivity index (χ2v) is 7.01. The zero-order chi connectivity index (χ0) is 20.9. The maximum atomic E-state index is 14.4. The number of halogens is 1. The van der Waals surface area contributed by atoms with Crippen LogP contribution in [0, 0.1) is 5.82 Å². The van der Waals surface area contributed by atoms with E-state index in [4.69, 9.17) is 14.3 Å². The zero-order valence-electron chi connectivity index (χ0n) is 17.0. The Bertz CT molecular complexity index is 1030. The van der Waals surface area contributed by atoms with Crippen molar-refractivity contribution in [2.45, 2.75) is 32.6 Å². The Labute approximate surface area is 174 Å². The molecule has 0 saturated heterocycles. The lowest BCUT2D eigenvalue weighted by atomic mass is 10.0. The van der Waals surface area contributed by atoms with Gasteiger partial charge in [0.2, 0.25) is 6.29 Å². The molecular formula is C23H24FN3O3. The number of nitrogens with zero attached hydrogens (tertiary/aromatic N) is 3. The normalized spacial score (nSPS) is 15.7. The van der Waals surface area contributed by atoms with Crippen LogP contribution in [0.15, 0.2) is 59.9 Å². The Morgan fingerprint density at radius 1 is 1.17 bits per heavy atom. The van der Waals surface area contributed by atoms with E-state index < -0.39 is 6.29 Å². The molecule has 1 atom stereocenters. The minimum absolute atomic E-state index is 0.238. The molecule has 0 N–H and O–H groups in total. The Morgan fingerprint density at radius 3 is 2.70 bits per heavy atom. The van der Waals surface area contributed by atoms with Gasteiger partial charge in [0, 0.05) is 18.6 Å². The molecule has 0 aliphatic carbocycles. The van der Waals surface area contributed by atoms with E-state index in [1.807, 2.05) is 41.9 Å². The fourth-order valence-corrected chi connectivity index (χ4v) is 3.49. The summed E-state index contributed by atoms with van der Waals surface area (Å²) in [6.45, 7) is 3.01. The Kier molecular flexibility index (Phi) is 6.09. The summed E-state index contributed by atoms with van der Waals surface area (Å²) in [5.41, 5.74) is 4.18. The van der Waals surface area contributed by atoms with E-state index in [1.54, 1.807) is 25.4 Å². The molecule has 6 nitrogen and oxygen atoms in total. The molecule has 2 heterocycles. The molecule has 0 fully saturated rings. The van der Waals surface area contributed by atoms with Crippen LogP contribution in [0.4, 0.5) is 4.39 Å². The summed E-state index contributed by atoms with van der Waals surface area (Å²) in [5, 5.41) is 8.78. The molecule has 0 bridgehead atoms. The lowest BCUT2D eigenvalue weighted by molar-refractivity contribution is -0.120. The van der Waals surface area contributed by atoms with Crippen molar-refractivity contribution in [1.29, 1.82) is 0 Å². The van der Waals surface area contributed by atoms with E-state index in [1.165, 1.54) is 6.07 Å². The van der Waals surface area contributed by atoms with E-state index in [0.717, 1.165) is 28.3 Å². The summed E-state index contributed by atoms with van der Waals surface area (Å²) in [6.07, 6.45) is 2.32.